The summed E-state index contributed by atoms with van der Waals surface area (Å²) in [6.07, 6.45) is -5.27. The van der Waals surface area contributed by atoms with Crippen molar-refractivity contribution in [3.8, 4) is 28.4 Å². The molecular weight excluding hydrogens is 408 g/mol. The number of aromatic hydroxyl groups is 1. The van der Waals surface area contributed by atoms with E-state index in [1.54, 1.807) is 24.3 Å². The van der Waals surface area contributed by atoms with E-state index in [4.69, 9.17) is 18.6 Å². The third kappa shape index (κ3) is 3.61. The van der Waals surface area contributed by atoms with Gasteiger partial charge in [-0.3, -0.25) is 4.79 Å². The molecule has 0 amide bonds. The fourth-order valence-electron chi connectivity index (χ4n) is 3.56. The van der Waals surface area contributed by atoms with Crippen LogP contribution in [0.5, 0.6) is 17.2 Å². The number of rotatable bonds is 4. The molecule has 164 valence electrons. The molecule has 4 rings (SSSR count). The first-order chi connectivity index (χ1) is 14.8. The summed E-state index contributed by atoms with van der Waals surface area (Å²) in [5.74, 6) is -0.752. The fraction of sp³-hybridized carbons (Fsp3) is 0.318. The maximum Gasteiger partial charge on any atom is 0.229 e. The molecule has 1 saturated heterocycles. The highest BCUT2D eigenvalue weighted by Crippen LogP contribution is 2.43. The van der Waals surface area contributed by atoms with Crippen LogP contribution in [0, 0.1) is 0 Å². The summed E-state index contributed by atoms with van der Waals surface area (Å²) in [6.45, 7) is 1.51. The zero-order chi connectivity index (χ0) is 22.3. The number of benzene rings is 2. The van der Waals surface area contributed by atoms with Crippen molar-refractivity contribution in [3.63, 3.8) is 0 Å². The van der Waals surface area contributed by atoms with Gasteiger partial charge < -0.3 is 39.1 Å². The first kappa shape index (κ1) is 21.1. The van der Waals surface area contributed by atoms with Gasteiger partial charge in [0.15, 0.2) is 11.5 Å². The van der Waals surface area contributed by atoms with E-state index >= 15 is 0 Å². The van der Waals surface area contributed by atoms with Gasteiger partial charge in [-0.25, -0.2) is 0 Å². The van der Waals surface area contributed by atoms with Gasteiger partial charge >= 0.3 is 0 Å². The highest BCUT2D eigenvalue weighted by atomic mass is 16.7. The lowest BCUT2D eigenvalue weighted by Gasteiger charge is -2.39. The largest absolute Gasteiger partial charge is 0.504 e. The molecule has 9 nitrogen and oxygen atoms in total. The molecule has 1 aliphatic heterocycles. The topological polar surface area (TPSA) is 139 Å². The predicted molar refractivity (Wildman–Crippen MR) is 109 cm³/mol. The lowest BCUT2D eigenvalue weighted by Crippen LogP contribution is -2.58. The second-order valence-electron chi connectivity index (χ2n) is 7.27. The van der Waals surface area contributed by atoms with E-state index < -0.39 is 41.9 Å². The number of hydrogen-bond donors (Lipinski definition) is 4. The van der Waals surface area contributed by atoms with E-state index in [1.807, 2.05) is 6.07 Å². The number of ether oxygens (including phenoxy) is 3. The Labute approximate surface area is 176 Å². The summed E-state index contributed by atoms with van der Waals surface area (Å²) in [7, 11) is 1.27. The Hall–Kier alpha value is -3.11. The van der Waals surface area contributed by atoms with Gasteiger partial charge in [-0.15, -0.1) is 0 Å². The zero-order valence-corrected chi connectivity index (χ0v) is 16.8. The van der Waals surface area contributed by atoms with E-state index in [0.717, 1.165) is 0 Å². The van der Waals surface area contributed by atoms with E-state index in [-0.39, 0.29) is 28.0 Å². The Morgan fingerprint density at radius 2 is 1.74 bits per heavy atom. The SMILES string of the molecule is COc1c(O[C@@H]2O[C@@H](C)[C@H](O)[C@@H](O)[C@H]2O)cc2occ(-c3ccccc3)c(=O)c2c1O. The Morgan fingerprint density at radius 1 is 1.03 bits per heavy atom. The van der Waals surface area contributed by atoms with Gasteiger partial charge in [-0.2, -0.15) is 0 Å². The van der Waals surface area contributed by atoms with Gasteiger partial charge in [0.2, 0.25) is 17.5 Å². The van der Waals surface area contributed by atoms with Crippen molar-refractivity contribution in [3.05, 3.63) is 52.9 Å². The summed E-state index contributed by atoms with van der Waals surface area (Å²) in [5.41, 5.74) is 0.445. The Bertz CT molecular complexity index is 1140. The lowest BCUT2D eigenvalue weighted by molar-refractivity contribution is -0.268. The van der Waals surface area contributed by atoms with Crippen LogP contribution in [0.2, 0.25) is 0 Å². The molecule has 1 aliphatic rings. The normalized spacial score (nSPS) is 26.0. The highest BCUT2D eigenvalue weighted by molar-refractivity contribution is 5.91. The maximum absolute atomic E-state index is 13.1. The van der Waals surface area contributed by atoms with Crippen molar-refractivity contribution >= 4 is 11.0 Å². The Kier molecular flexibility index (Phi) is 5.59. The van der Waals surface area contributed by atoms with Crippen LogP contribution in [-0.2, 0) is 4.74 Å². The van der Waals surface area contributed by atoms with Gasteiger partial charge in [0.05, 0.1) is 18.8 Å². The quantitative estimate of drug-likeness (QED) is 0.483. The van der Waals surface area contributed by atoms with Crippen molar-refractivity contribution in [2.75, 3.05) is 7.11 Å². The van der Waals surface area contributed by atoms with E-state index in [9.17, 15) is 25.2 Å². The smallest absolute Gasteiger partial charge is 0.229 e. The minimum Gasteiger partial charge on any atom is -0.504 e. The number of methoxy groups -OCH3 is 1. The molecule has 1 aromatic heterocycles. The average molecular weight is 430 g/mol. The molecule has 5 atom stereocenters. The molecular formula is C22H22O9. The minimum absolute atomic E-state index is 0.0249. The standard InChI is InChI=1S/C22H22O9/c1-10-16(23)19(26)20(27)22(30-10)31-14-8-13-15(18(25)21(14)28-2)17(24)12(9-29-13)11-6-4-3-5-7-11/h3-10,16,19-20,22-23,25-27H,1-2H3/t10-,16-,19+,20+,22-/m0/s1. The van der Waals surface area contributed by atoms with Crippen LogP contribution in [-0.4, -0.2) is 58.2 Å². The first-order valence-corrected chi connectivity index (χ1v) is 9.60. The van der Waals surface area contributed by atoms with Gasteiger partial charge in [0.1, 0.15) is 35.5 Å². The number of aliphatic hydroxyl groups excluding tert-OH is 3. The number of phenols is 1. The molecule has 1 fully saturated rings. The van der Waals surface area contributed by atoms with Gasteiger partial charge in [-0.05, 0) is 12.5 Å². The number of fused-ring (bicyclic) bond motifs is 1. The first-order valence-electron chi connectivity index (χ1n) is 9.60. The molecule has 9 heteroatoms. The molecule has 31 heavy (non-hydrogen) atoms. The van der Waals surface area contributed by atoms with Crippen LogP contribution in [0.3, 0.4) is 0 Å². The van der Waals surface area contributed by atoms with Crippen molar-refractivity contribution in [1.29, 1.82) is 0 Å². The van der Waals surface area contributed by atoms with E-state index in [0.29, 0.717) is 5.56 Å². The van der Waals surface area contributed by atoms with Crippen LogP contribution in [0.15, 0.2) is 51.9 Å². The lowest BCUT2D eigenvalue weighted by atomic mass is 10.00. The van der Waals surface area contributed by atoms with E-state index in [1.165, 1.54) is 26.4 Å². The summed E-state index contributed by atoms with van der Waals surface area (Å²) in [4.78, 5) is 13.1. The van der Waals surface area contributed by atoms with Crippen LogP contribution < -0.4 is 14.9 Å². The Balaban J connectivity index is 1.79. The summed E-state index contributed by atoms with van der Waals surface area (Å²) in [6, 6.07) is 10.2. The maximum atomic E-state index is 13.1. The highest BCUT2D eigenvalue weighted by Gasteiger charge is 2.43. The third-order valence-electron chi connectivity index (χ3n) is 5.30. The number of phenolic OH excluding ortho intramolecular Hbond substituents is 1. The number of aliphatic hydroxyl groups is 3. The Morgan fingerprint density at radius 3 is 2.42 bits per heavy atom. The van der Waals surface area contributed by atoms with Crippen LogP contribution in [0.25, 0.3) is 22.1 Å². The van der Waals surface area contributed by atoms with Crippen molar-refractivity contribution in [1.82, 2.24) is 0 Å². The molecule has 4 N–H and O–H groups in total. The molecule has 0 spiro atoms. The fourth-order valence-corrected chi connectivity index (χ4v) is 3.56. The second kappa shape index (κ2) is 8.20. The third-order valence-corrected chi connectivity index (χ3v) is 5.30. The minimum atomic E-state index is -1.57. The second-order valence-corrected chi connectivity index (χ2v) is 7.27. The van der Waals surface area contributed by atoms with Gasteiger partial charge in [0, 0.05) is 6.07 Å². The molecule has 0 bridgehead atoms. The van der Waals surface area contributed by atoms with Crippen LogP contribution in [0.4, 0.5) is 0 Å². The molecule has 0 unspecified atom stereocenters. The van der Waals surface area contributed by atoms with Crippen molar-refractivity contribution in [2.24, 2.45) is 0 Å². The van der Waals surface area contributed by atoms with Crippen LogP contribution in [0.1, 0.15) is 6.92 Å². The molecule has 0 radical (unpaired) electrons. The summed E-state index contributed by atoms with van der Waals surface area (Å²) in [5, 5.41) is 40.7. The molecule has 0 saturated carbocycles. The number of hydrogen-bond acceptors (Lipinski definition) is 9. The molecule has 3 aromatic rings. The predicted octanol–water partition coefficient (Wildman–Crippen LogP) is 1.38. The molecule has 2 heterocycles. The van der Waals surface area contributed by atoms with Gasteiger partial charge in [-0.1, -0.05) is 30.3 Å². The monoisotopic (exact) mass is 430 g/mol. The molecule has 0 aliphatic carbocycles. The average Bonchev–Trinajstić information content (AvgIpc) is 2.77. The van der Waals surface area contributed by atoms with Crippen molar-refractivity contribution < 1.29 is 39.1 Å². The zero-order valence-electron chi connectivity index (χ0n) is 16.8. The molecule has 2 aromatic carbocycles. The summed E-state index contributed by atoms with van der Waals surface area (Å²) >= 11 is 0. The van der Waals surface area contributed by atoms with Gasteiger partial charge in [0.25, 0.3) is 0 Å². The van der Waals surface area contributed by atoms with Crippen molar-refractivity contribution in [2.45, 2.75) is 37.6 Å². The summed E-state index contributed by atoms with van der Waals surface area (Å²) < 4.78 is 21.9. The van der Waals surface area contributed by atoms with E-state index in [2.05, 4.69) is 0 Å². The van der Waals surface area contributed by atoms with Crippen LogP contribution >= 0.6 is 0 Å².